The van der Waals surface area contributed by atoms with Crippen molar-refractivity contribution < 1.29 is 4.74 Å². The summed E-state index contributed by atoms with van der Waals surface area (Å²) in [7, 11) is 5.68. The fraction of sp³-hybridized carbons (Fsp3) is 0.727. The van der Waals surface area contributed by atoms with Crippen molar-refractivity contribution in [2.24, 2.45) is 5.84 Å². The molecule has 1 atom stereocenters. The van der Waals surface area contributed by atoms with Gasteiger partial charge in [0.05, 0.1) is 25.0 Å². The lowest BCUT2D eigenvalue weighted by Crippen LogP contribution is -2.37. The first-order valence-electron chi connectivity index (χ1n) is 5.84. The molecule has 0 aliphatic heterocycles. The summed E-state index contributed by atoms with van der Waals surface area (Å²) >= 11 is 0. The van der Waals surface area contributed by atoms with Crippen LogP contribution in [0.3, 0.4) is 0 Å². The Hall–Kier alpha value is -1.11. The number of nitrogens with two attached hydrogens (primary N) is 1. The van der Waals surface area contributed by atoms with Crippen LogP contribution < -0.4 is 16.0 Å². The zero-order valence-corrected chi connectivity index (χ0v) is 11.1. The predicted octanol–water partition coefficient (Wildman–Crippen LogP) is 0.368. The van der Waals surface area contributed by atoms with Gasteiger partial charge in [-0.05, 0) is 20.5 Å². The Kier molecular flexibility index (Phi) is 5.40. The third-order valence-corrected chi connectivity index (χ3v) is 2.58. The van der Waals surface area contributed by atoms with E-state index in [9.17, 15) is 0 Å². The number of methoxy groups -OCH3 is 1. The summed E-state index contributed by atoms with van der Waals surface area (Å²) in [5.74, 6) is 6.41. The molecule has 98 valence electrons. The summed E-state index contributed by atoms with van der Waals surface area (Å²) in [6.07, 6.45) is 2.77. The molecule has 1 aromatic rings. The van der Waals surface area contributed by atoms with Gasteiger partial charge in [0, 0.05) is 13.1 Å². The van der Waals surface area contributed by atoms with Crippen molar-refractivity contribution in [3.63, 3.8) is 0 Å². The van der Waals surface area contributed by atoms with E-state index < -0.39 is 0 Å². The molecule has 17 heavy (non-hydrogen) atoms. The number of hydrazine groups is 1. The minimum Gasteiger partial charge on any atom is -0.493 e. The first-order valence-corrected chi connectivity index (χ1v) is 5.84. The Morgan fingerprint density at radius 2 is 2.29 bits per heavy atom. The second kappa shape index (κ2) is 6.58. The number of likely N-dealkylation sites (N-methyl/N-ethyl adjacent to an activating group) is 1. The SMILES string of the molecule is CCCn1ncc(OC)c1C(CN(C)C)NN. The van der Waals surface area contributed by atoms with Crippen LogP contribution in [0.15, 0.2) is 6.20 Å². The van der Waals surface area contributed by atoms with Crippen molar-refractivity contribution in [3.05, 3.63) is 11.9 Å². The number of hydrogen-bond donors (Lipinski definition) is 2. The van der Waals surface area contributed by atoms with Crippen molar-refractivity contribution >= 4 is 0 Å². The molecule has 0 spiro atoms. The van der Waals surface area contributed by atoms with Crippen LogP contribution in [0.25, 0.3) is 0 Å². The summed E-state index contributed by atoms with van der Waals surface area (Å²) in [5.41, 5.74) is 3.83. The standard InChI is InChI=1S/C11H23N5O/c1-5-6-16-11(10(17-4)7-13-16)9(14-12)8-15(2)3/h7,9,14H,5-6,8,12H2,1-4H3. The van der Waals surface area contributed by atoms with E-state index in [-0.39, 0.29) is 6.04 Å². The molecule has 0 amide bonds. The fourth-order valence-corrected chi connectivity index (χ4v) is 1.86. The lowest BCUT2D eigenvalue weighted by molar-refractivity contribution is 0.320. The third-order valence-electron chi connectivity index (χ3n) is 2.58. The predicted molar refractivity (Wildman–Crippen MR) is 67.7 cm³/mol. The van der Waals surface area contributed by atoms with Crippen molar-refractivity contribution in [1.29, 1.82) is 0 Å². The second-order valence-electron chi connectivity index (χ2n) is 4.30. The lowest BCUT2D eigenvalue weighted by Gasteiger charge is -2.22. The van der Waals surface area contributed by atoms with Crippen LogP contribution in [0.5, 0.6) is 5.75 Å². The molecule has 0 saturated heterocycles. The number of nitrogens with zero attached hydrogens (tertiary/aromatic N) is 3. The number of aryl methyl sites for hydroxylation is 1. The minimum atomic E-state index is 0.00833. The van der Waals surface area contributed by atoms with E-state index in [0.717, 1.165) is 31.0 Å². The molecule has 1 aromatic heterocycles. The Morgan fingerprint density at radius 3 is 2.76 bits per heavy atom. The number of hydrogen-bond acceptors (Lipinski definition) is 5. The zero-order chi connectivity index (χ0) is 12.8. The summed E-state index contributed by atoms with van der Waals surface area (Å²) in [5, 5.41) is 4.33. The number of aromatic nitrogens is 2. The highest BCUT2D eigenvalue weighted by Gasteiger charge is 2.21. The van der Waals surface area contributed by atoms with E-state index in [4.69, 9.17) is 10.6 Å². The first kappa shape index (κ1) is 14.0. The van der Waals surface area contributed by atoms with Gasteiger partial charge in [0.1, 0.15) is 0 Å². The summed E-state index contributed by atoms with van der Waals surface area (Å²) in [6, 6.07) is 0.00833. The number of rotatable bonds is 7. The summed E-state index contributed by atoms with van der Waals surface area (Å²) in [4.78, 5) is 2.08. The van der Waals surface area contributed by atoms with Gasteiger partial charge in [0.2, 0.25) is 0 Å². The Balaban J connectivity index is 3.00. The van der Waals surface area contributed by atoms with Crippen LogP contribution >= 0.6 is 0 Å². The van der Waals surface area contributed by atoms with Crippen LogP contribution in [0.4, 0.5) is 0 Å². The lowest BCUT2D eigenvalue weighted by atomic mass is 10.2. The molecule has 0 fully saturated rings. The molecule has 0 radical (unpaired) electrons. The maximum Gasteiger partial charge on any atom is 0.161 e. The van der Waals surface area contributed by atoms with Gasteiger partial charge in [-0.1, -0.05) is 6.92 Å². The van der Waals surface area contributed by atoms with Crippen LogP contribution in [-0.2, 0) is 6.54 Å². The number of ether oxygens (including phenoxy) is 1. The average molecular weight is 241 g/mol. The molecule has 1 unspecified atom stereocenters. The highest BCUT2D eigenvalue weighted by atomic mass is 16.5. The molecule has 6 heteroatoms. The van der Waals surface area contributed by atoms with Crippen LogP contribution in [0.2, 0.25) is 0 Å². The highest BCUT2D eigenvalue weighted by molar-refractivity contribution is 5.28. The van der Waals surface area contributed by atoms with E-state index in [1.165, 1.54) is 0 Å². The molecule has 1 heterocycles. The van der Waals surface area contributed by atoms with Crippen molar-refractivity contribution in [2.45, 2.75) is 25.9 Å². The topological polar surface area (TPSA) is 68.3 Å². The van der Waals surface area contributed by atoms with E-state index in [1.807, 2.05) is 18.8 Å². The Morgan fingerprint density at radius 1 is 1.59 bits per heavy atom. The monoisotopic (exact) mass is 241 g/mol. The molecule has 0 aliphatic rings. The number of nitrogens with one attached hydrogen (secondary N) is 1. The second-order valence-corrected chi connectivity index (χ2v) is 4.30. The van der Waals surface area contributed by atoms with Gasteiger partial charge >= 0.3 is 0 Å². The minimum absolute atomic E-state index is 0.00833. The molecular weight excluding hydrogens is 218 g/mol. The highest BCUT2D eigenvalue weighted by Crippen LogP contribution is 2.25. The van der Waals surface area contributed by atoms with Gasteiger partial charge < -0.3 is 9.64 Å². The fourth-order valence-electron chi connectivity index (χ4n) is 1.86. The molecule has 6 nitrogen and oxygen atoms in total. The maximum absolute atomic E-state index is 5.63. The Bertz CT molecular complexity index is 337. The summed E-state index contributed by atoms with van der Waals surface area (Å²) in [6.45, 7) is 3.78. The van der Waals surface area contributed by atoms with Gasteiger partial charge in [0.15, 0.2) is 5.75 Å². The molecule has 0 bridgehead atoms. The normalized spacial score (nSPS) is 13.1. The quantitative estimate of drug-likeness (QED) is 0.533. The molecular formula is C11H23N5O. The van der Waals surface area contributed by atoms with E-state index in [1.54, 1.807) is 13.3 Å². The van der Waals surface area contributed by atoms with Gasteiger partial charge in [-0.15, -0.1) is 0 Å². The van der Waals surface area contributed by atoms with Crippen LogP contribution in [0, 0.1) is 0 Å². The largest absolute Gasteiger partial charge is 0.493 e. The maximum atomic E-state index is 5.63. The molecule has 1 rings (SSSR count). The van der Waals surface area contributed by atoms with Gasteiger partial charge in [-0.3, -0.25) is 10.5 Å². The van der Waals surface area contributed by atoms with E-state index >= 15 is 0 Å². The van der Waals surface area contributed by atoms with Gasteiger partial charge in [-0.2, -0.15) is 5.10 Å². The van der Waals surface area contributed by atoms with Crippen LogP contribution in [-0.4, -0.2) is 42.4 Å². The smallest absolute Gasteiger partial charge is 0.161 e. The average Bonchev–Trinajstić information content (AvgIpc) is 2.69. The molecule has 0 aliphatic carbocycles. The molecule has 0 aromatic carbocycles. The zero-order valence-electron chi connectivity index (χ0n) is 11.1. The van der Waals surface area contributed by atoms with E-state index in [0.29, 0.717) is 0 Å². The van der Waals surface area contributed by atoms with E-state index in [2.05, 4.69) is 22.3 Å². The molecule has 3 N–H and O–H groups in total. The van der Waals surface area contributed by atoms with Gasteiger partial charge in [0.25, 0.3) is 0 Å². The van der Waals surface area contributed by atoms with Crippen LogP contribution in [0.1, 0.15) is 25.1 Å². The third kappa shape index (κ3) is 3.42. The van der Waals surface area contributed by atoms with Crippen molar-refractivity contribution in [2.75, 3.05) is 27.7 Å². The van der Waals surface area contributed by atoms with Crippen molar-refractivity contribution in [3.8, 4) is 5.75 Å². The van der Waals surface area contributed by atoms with Crippen molar-refractivity contribution in [1.82, 2.24) is 20.1 Å². The summed E-state index contributed by atoms with van der Waals surface area (Å²) < 4.78 is 7.29. The first-order chi connectivity index (χ1) is 8.13. The van der Waals surface area contributed by atoms with Gasteiger partial charge in [-0.25, -0.2) is 5.43 Å². The molecule has 0 saturated carbocycles. The Labute approximate surface area is 103 Å².